The lowest BCUT2D eigenvalue weighted by Crippen LogP contribution is -1.87. The van der Waals surface area contributed by atoms with Crippen molar-refractivity contribution in [3.63, 3.8) is 0 Å². The third-order valence-electron chi connectivity index (χ3n) is 5.09. The molecular formula is C27H25N3. The molecule has 0 atom stereocenters. The fraction of sp³-hybridized carbons (Fsp3) is 0.111. The number of hydrogen-bond donors (Lipinski definition) is 1. The zero-order valence-electron chi connectivity index (χ0n) is 17.3. The summed E-state index contributed by atoms with van der Waals surface area (Å²) in [7, 11) is 0. The standard InChI is InChI=1S/C18H18N2.C9H7N/c1-13(2)14-8-10-15(11-9-14)17-12-19-20-18(17)16-6-4-3-5-7-16;1-2-6-9-8(4-1)5-3-7-10-9/h3-13H,1-2H3,(H,19,20);1-7H. The Balaban J connectivity index is 0.000000181. The number of benzene rings is 3. The molecule has 1 N–H and O–H groups in total. The van der Waals surface area contributed by atoms with Crippen LogP contribution in [0.1, 0.15) is 25.3 Å². The molecule has 0 aliphatic carbocycles. The van der Waals surface area contributed by atoms with E-state index in [2.05, 4.69) is 77.6 Å². The topological polar surface area (TPSA) is 41.6 Å². The molecule has 0 aliphatic heterocycles. The van der Waals surface area contributed by atoms with Crippen LogP contribution in [0.3, 0.4) is 0 Å². The van der Waals surface area contributed by atoms with E-state index >= 15 is 0 Å². The minimum Gasteiger partial charge on any atom is -0.284 e. The van der Waals surface area contributed by atoms with Crippen LogP contribution in [0.15, 0.2) is 103 Å². The van der Waals surface area contributed by atoms with Gasteiger partial charge in [-0.05, 0) is 29.2 Å². The molecule has 0 bridgehead atoms. The van der Waals surface area contributed by atoms with E-state index in [1.807, 2.05) is 54.9 Å². The van der Waals surface area contributed by atoms with Gasteiger partial charge >= 0.3 is 0 Å². The average molecular weight is 392 g/mol. The Morgan fingerprint density at radius 3 is 2.13 bits per heavy atom. The first-order valence-electron chi connectivity index (χ1n) is 10.2. The van der Waals surface area contributed by atoms with Crippen LogP contribution in [-0.2, 0) is 0 Å². The van der Waals surface area contributed by atoms with Gasteiger partial charge in [0.2, 0.25) is 0 Å². The van der Waals surface area contributed by atoms with Crippen LogP contribution in [0, 0.1) is 0 Å². The lowest BCUT2D eigenvalue weighted by Gasteiger charge is -2.07. The Morgan fingerprint density at radius 1 is 0.700 bits per heavy atom. The van der Waals surface area contributed by atoms with E-state index in [1.165, 1.54) is 16.5 Å². The van der Waals surface area contributed by atoms with Gasteiger partial charge in [-0.2, -0.15) is 5.10 Å². The highest BCUT2D eigenvalue weighted by molar-refractivity contribution is 5.80. The van der Waals surface area contributed by atoms with Crippen molar-refractivity contribution in [1.82, 2.24) is 15.2 Å². The fourth-order valence-electron chi connectivity index (χ4n) is 3.39. The number of nitrogens with zero attached hydrogens (tertiary/aromatic N) is 2. The second-order valence-corrected chi connectivity index (χ2v) is 7.49. The summed E-state index contributed by atoms with van der Waals surface area (Å²) in [5.41, 5.74) is 6.90. The molecule has 0 saturated heterocycles. The Labute approximate surface area is 177 Å². The maximum absolute atomic E-state index is 4.40. The molecule has 5 aromatic rings. The Bertz CT molecular complexity index is 1140. The molecule has 0 fully saturated rings. The predicted octanol–water partition coefficient (Wildman–Crippen LogP) is 7.10. The molecule has 0 amide bonds. The number of para-hydroxylation sites is 1. The third-order valence-corrected chi connectivity index (χ3v) is 5.09. The quantitative estimate of drug-likeness (QED) is 0.356. The van der Waals surface area contributed by atoms with Gasteiger partial charge in [0.05, 0.1) is 11.2 Å². The summed E-state index contributed by atoms with van der Waals surface area (Å²) < 4.78 is 0. The minimum absolute atomic E-state index is 0.557. The maximum atomic E-state index is 4.40. The number of hydrogen-bond acceptors (Lipinski definition) is 2. The SMILES string of the molecule is CC(C)c1ccc(-c2c[nH]nc2-c2ccccc2)cc1.c1ccc2ncccc2c1. The number of pyridine rings is 1. The summed E-state index contributed by atoms with van der Waals surface area (Å²) in [5, 5.41) is 8.58. The molecule has 5 rings (SSSR count). The van der Waals surface area contributed by atoms with Gasteiger partial charge in [0, 0.05) is 28.9 Å². The zero-order chi connectivity index (χ0) is 20.8. The number of rotatable bonds is 3. The Hall–Kier alpha value is -3.72. The van der Waals surface area contributed by atoms with Gasteiger partial charge < -0.3 is 0 Å². The average Bonchev–Trinajstić information content (AvgIpc) is 3.30. The molecule has 2 aromatic heterocycles. The first-order chi connectivity index (χ1) is 14.7. The van der Waals surface area contributed by atoms with Crippen molar-refractivity contribution in [2.45, 2.75) is 19.8 Å². The van der Waals surface area contributed by atoms with Crippen LogP contribution in [0.2, 0.25) is 0 Å². The first kappa shape index (κ1) is 19.6. The van der Waals surface area contributed by atoms with Crippen LogP contribution in [0.5, 0.6) is 0 Å². The molecule has 3 heteroatoms. The number of nitrogens with one attached hydrogen (secondary N) is 1. The van der Waals surface area contributed by atoms with Gasteiger partial charge in [-0.1, -0.05) is 92.7 Å². The van der Waals surface area contributed by atoms with Gasteiger partial charge in [-0.3, -0.25) is 10.1 Å². The third kappa shape index (κ3) is 4.47. The smallest absolute Gasteiger partial charge is 0.0999 e. The largest absolute Gasteiger partial charge is 0.284 e. The highest BCUT2D eigenvalue weighted by Gasteiger charge is 2.10. The summed E-state index contributed by atoms with van der Waals surface area (Å²) in [6.07, 6.45) is 3.77. The van der Waals surface area contributed by atoms with E-state index in [0.29, 0.717) is 5.92 Å². The van der Waals surface area contributed by atoms with Gasteiger partial charge in [0.15, 0.2) is 0 Å². The van der Waals surface area contributed by atoms with Gasteiger partial charge in [-0.25, -0.2) is 0 Å². The van der Waals surface area contributed by atoms with Crippen molar-refractivity contribution >= 4 is 10.9 Å². The molecule has 3 nitrogen and oxygen atoms in total. The number of H-pyrrole nitrogens is 1. The first-order valence-corrected chi connectivity index (χ1v) is 10.2. The Kier molecular flexibility index (Phi) is 6.00. The van der Waals surface area contributed by atoms with E-state index in [-0.39, 0.29) is 0 Å². The molecule has 0 aliphatic rings. The summed E-state index contributed by atoms with van der Waals surface area (Å²) >= 11 is 0. The Morgan fingerprint density at radius 2 is 1.40 bits per heavy atom. The lowest BCUT2D eigenvalue weighted by atomic mass is 9.97. The van der Waals surface area contributed by atoms with Crippen molar-refractivity contribution in [1.29, 1.82) is 0 Å². The highest BCUT2D eigenvalue weighted by Crippen LogP contribution is 2.30. The molecule has 0 spiro atoms. The molecule has 30 heavy (non-hydrogen) atoms. The van der Waals surface area contributed by atoms with E-state index in [0.717, 1.165) is 22.3 Å². The van der Waals surface area contributed by atoms with Crippen molar-refractivity contribution in [2.24, 2.45) is 0 Å². The van der Waals surface area contributed by atoms with Crippen LogP contribution in [0.4, 0.5) is 0 Å². The number of aromatic nitrogens is 3. The van der Waals surface area contributed by atoms with Gasteiger partial charge in [0.1, 0.15) is 0 Å². The molecule has 3 aromatic carbocycles. The normalized spacial score (nSPS) is 10.6. The molecule has 0 radical (unpaired) electrons. The molecule has 0 unspecified atom stereocenters. The van der Waals surface area contributed by atoms with Crippen molar-refractivity contribution in [2.75, 3.05) is 0 Å². The zero-order valence-corrected chi connectivity index (χ0v) is 17.3. The van der Waals surface area contributed by atoms with Gasteiger partial charge in [-0.15, -0.1) is 0 Å². The number of fused-ring (bicyclic) bond motifs is 1. The van der Waals surface area contributed by atoms with Crippen LogP contribution >= 0.6 is 0 Å². The lowest BCUT2D eigenvalue weighted by molar-refractivity contribution is 0.867. The summed E-state index contributed by atoms with van der Waals surface area (Å²) in [4.78, 5) is 4.18. The van der Waals surface area contributed by atoms with Crippen LogP contribution < -0.4 is 0 Å². The minimum atomic E-state index is 0.557. The van der Waals surface area contributed by atoms with E-state index in [9.17, 15) is 0 Å². The molecule has 148 valence electrons. The maximum Gasteiger partial charge on any atom is 0.0999 e. The second kappa shape index (κ2) is 9.19. The fourth-order valence-corrected chi connectivity index (χ4v) is 3.39. The summed E-state index contributed by atoms with van der Waals surface area (Å²) in [6.45, 7) is 4.42. The number of aromatic amines is 1. The summed E-state index contributed by atoms with van der Waals surface area (Å²) in [6, 6.07) is 31.1. The van der Waals surface area contributed by atoms with E-state index in [4.69, 9.17) is 0 Å². The predicted molar refractivity (Wildman–Crippen MR) is 125 cm³/mol. The highest BCUT2D eigenvalue weighted by atomic mass is 15.1. The van der Waals surface area contributed by atoms with E-state index in [1.54, 1.807) is 0 Å². The van der Waals surface area contributed by atoms with E-state index < -0.39 is 0 Å². The summed E-state index contributed by atoms with van der Waals surface area (Å²) in [5.74, 6) is 0.557. The van der Waals surface area contributed by atoms with Crippen LogP contribution in [-0.4, -0.2) is 15.2 Å². The monoisotopic (exact) mass is 391 g/mol. The van der Waals surface area contributed by atoms with Crippen LogP contribution in [0.25, 0.3) is 33.3 Å². The van der Waals surface area contributed by atoms with Gasteiger partial charge in [0.25, 0.3) is 0 Å². The van der Waals surface area contributed by atoms with Crippen molar-refractivity contribution < 1.29 is 0 Å². The molecular weight excluding hydrogens is 366 g/mol. The van der Waals surface area contributed by atoms with Crippen molar-refractivity contribution in [3.05, 3.63) is 109 Å². The molecule has 2 heterocycles. The van der Waals surface area contributed by atoms with Crippen molar-refractivity contribution in [3.8, 4) is 22.4 Å². The second-order valence-electron chi connectivity index (χ2n) is 7.49. The molecule has 0 saturated carbocycles.